The normalized spacial score (nSPS) is 18.8. The molecular weight excluding hydrogens is 218 g/mol. The Hall–Kier alpha value is -0.820. The topological polar surface area (TPSA) is 12.0 Å². The summed E-state index contributed by atoms with van der Waals surface area (Å²) in [5.41, 5.74) is 2.93. The molecular formula is C17H27N. The highest BCUT2D eigenvalue weighted by Gasteiger charge is 2.24. The molecule has 0 aliphatic heterocycles. The summed E-state index contributed by atoms with van der Waals surface area (Å²) < 4.78 is 0. The maximum Gasteiger partial charge on any atom is -0.00460 e. The molecule has 1 fully saturated rings. The van der Waals surface area contributed by atoms with E-state index in [2.05, 4.69) is 43.6 Å². The van der Waals surface area contributed by atoms with Crippen LogP contribution in [-0.2, 0) is 0 Å². The number of aryl methyl sites for hydroxylation is 1. The summed E-state index contributed by atoms with van der Waals surface area (Å²) in [5.74, 6) is 1.67. The van der Waals surface area contributed by atoms with Gasteiger partial charge < -0.3 is 5.32 Å². The van der Waals surface area contributed by atoms with Gasteiger partial charge in [-0.2, -0.15) is 0 Å². The fourth-order valence-corrected chi connectivity index (χ4v) is 3.32. The zero-order valence-electron chi connectivity index (χ0n) is 11.9. The van der Waals surface area contributed by atoms with Crippen LogP contribution in [0.15, 0.2) is 24.3 Å². The summed E-state index contributed by atoms with van der Waals surface area (Å²) in [6.45, 7) is 3.31. The zero-order valence-corrected chi connectivity index (χ0v) is 11.9. The molecule has 1 saturated carbocycles. The quantitative estimate of drug-likeness (QED) is 0.817. The van der Waals surface area contributed by atoms with Crippen LogP contribution >= 0.6 is 0 Å². The van der Waals surface area contributed by atoms with Gasteiger partial charge in [0.15, 0.2) is 0 Å². The van der Waals surface area contributed by atoms with Crippen LogP contribution in [0.5, 0.6) is 0 Å². The maximum absolute atomic E-state index is 3.32. The van der Waals surface area contributed by atoms with E-state index in [4.69, 9.17) is 0 Å². The lowest BCUT2D eigenvalue weighted by Crippen LogP contribution is -2.20. The Bertz CT molecular complexity index is 335. The first kappa shape index (κ1) is 13.6. The van der Waals surface area contributed by atoms with Gasteiger partial charge in [-0.1, -0.05) is 49.1 Å². The molecule has 1 heteroatoms. The first-order chi connectivity index (χ1) is 8.81. The van der Waals surface area contributed by atoms with E-state index in [0.29, 0.717) is 0 Å². The third-order valence-electron chi connectivity index (χ3n) is 4.43. The second-order valence-electron chi connectivity index (χ2n) is 5.81. The molecule has 1 nitrogen and oxygen atoms in total. The van der Waals surface area contributed by atoms with Crippen LogP contribution < -0.4 is 5.32 Å². The van der Waals surface area contributed by atoms with Crippen molar-refractivity contribution in [3.63, 3.8) is 0 Å². The first-order valence-corrected chi connectivity index (χ1v) is 7.52. The van der Waals surface area contributed by atoms with Crippen LogP contribution in [0.3, 0.4) is 0 Å². The van der Waals surface area contributed by atoms with E-state index in [-0.39, 0.29) is 0 Å². The standard InChI is InChI=1S/C17H27N/c1-14-8-10-16(11-9-14)17(12-13-18-2)15-6-4-3-5-7-15/h8-11,15,17-18H,3-7,12-13H2,1-2H3. The Morgan fingerprint density at radius 3 is 2.39 bits per heavy atom. The van der Waals surface area contributed by atoms with Crippen molar-refractivity contribution in [2.75, 3.05) is 13.6 Å². The molecule has 0 amide bonds. The molecule has 1 unspecified atom stereocenters. The van der Waals surface area contributed by atoms with Gasteiger partial charge in [-0.05, 0) is 57.2 Å². The predicted molar refractivity (Wildman–Crippen MR) is 79.0 cm³/mol. The molecule has 0 saturated heterocycles. The van der Waals surface area contributed by atoms with Crippen molar-refractivity contribution in [2.24, 2.45) is 5.92 Å². The molecule has 1 aromatic carbocycles. The minimum atomic E-state index is 0.762. The molecule has 1 aliphatic rings. The highest BCUT2D eigenvalue weighted by atomic mass is 14.8. The summed E-state index contributed by atoms with van der Waals surface area (Å²) >= 11 is 0. The molecule has 100 valence electrons. The molecule has 1 aliphatic carbocycles. The van der Waals surface area contributed by atoms with Crippen molar-refractivity contribution in [2.45, 2.75) is 51.4 Å². The van der Waals surface area contributed by atoms with Gasteiger partial charge in [0.05, 0.1) is 0 Å². The van der Waals surface area contributed by atoms with E-state index in [1.807, 2.05) is 0 Å². The summed E-state index contributed by atoms with van der Waals surface area (Å²) in [4.78, 5) is 0. The third kappa shape index (κ3) is 3.58. The number of rotatable bonds is 5. The van der Waals surface area contributed by atoms with Gasteiger partial charge in [0.25, 0.3) is 0 Å². The number of hydrogen-bond donors (Lipinski definition) is 1. The second kappa shape index (κ2) is 6.94. The van der Waals surface area contributed by atoms with Crippen molar-refractivity contribution in [3.05, 3.63) is 35.4 Å². The van der Waals surface area contributed by atoms with Gasteiger partial charge in [0, 0.05) is 0 Å². The van der Waals surface area contributed by atoms with Crippen molar-refractivity contribution >= 4 is 0 Å². The van der Waals surface area contributed by atoms with Crippen LogP contribution in [0.2, 0.25) is 0 Å². The van der Waals surface area contributed by atoms with Crippen LogP contribution in [0.25, 0.3) is 0 Å². The van der Waals surface area contributed by atoms with Gasteiger partial charge in [-0.3, -0.25) is 0 Å². The van der Waals surface area contributed by atoms with Crippen LogP contribution in [0.1, 0.15) is 55.6 Å². The third-order valence-corrected chi connectivity index (χ3v) is 4.43. The van der Waals surface area contributed by atoms with Gasteiger partial charge in [-0.25, -0.2) is 0 Å². The van der Waals surface area contributed by atoms with Gasteiger partial charge >= 0.3 is 0 Å². The maximum atomic E-state index is 3.32. The van der Waals surface area contributed by atoms with Gasteiger partial charge in [0.2, 0.25) is 0 Å². The summed E-state index contributed by atoms with van der Waals surface area (Å²) in [6.07, 6.45) is 8.47. The average molecular weight is 245 g/mol. The Morgan fingerprint density at radius 2 is 1.78 bits per heavy atom. The number of hydrogen-bond acceptors (Lipinski definition) is 1. The van der Waals surface area contributed by atoms with E-state index in [9.17, 15) is 0 Å². The van der Waals surface area contributed by atoms with Crippen molar-refractivity contribution in [3.8, 4) is 0 Å². The number of benzene rings is 1. The monoisotopic (exact) mass is 245 g/mol. The smallest absolute Gasteiger partial charge is 0.00460 e. The minimum Gasteiger partial charge on any atom is -0.320 e. The molecule has 0 radical (unpaired) electrons. The predicted octanol–water partition coefficient (Wildman–Crippen LogP) is 4.27. The van der Waals surface area contributed by atoms with Crippen LogP contribution in [0, 0.1) is 12.8 Å². The van der Waals surface area contributed by atoms with E-state index >= 15 is 0 Å². The fourth-order valence-electron chi connectivity index (χ4n) is 3.32. The average Bonchev–Trinajstić information content (AvgIpc) is 2.42. The van der Waals surface area contributed by atoms with Crippen molar-refractivity contribution in [1.82, 2.24) is 5.32 Å². The van der Waals surface area contributed by atoms with Crippen LogP contribution in [-0.4, -0.2) is 13.6 Å². The molecule has 2 rings (SSSR count). The van der Waals surface area contributed by atoms with Crippen LogP contribution in [0.4, 0.5) is 0 Å². The molecule has 0 heterocycles. The van der Waals surface area contributed by atoms with Crippen molar-refractivity contribution in [1.29, 1.82) is 0 Å². The lowest BCUT2D eigenvalue weighted by Gasteiger charge is -2.31. The van der Waals surface area contributed by atoms with Crippen molar-refractivity contribution < 1.29 is 0 Å². The minimum absolute atomic E-state index is 0.762. The highest BCUT2D eigenvalue weighted by Crippen LogP contribution is 2.37. The molecule has 1 atom stereocenters. The van der Waals surface area contributed by atoms with E-state index in [1.165, 1.54) is 44.1 Å². The van der Waals surface area contributed by atoms with E-state index in [1.54, 1.807) is 5.56 Å². The zero-order chi connectivity index (χ0) is 12.8. The van der Waals surface area contributed by atoms with E-state index < -0.39 is 0 Å². The second-order valence-corrected chi connectivity index (χ2v) is 5.81. The summed E-state index contributed by atoms with van der Waals surface area (Å²) in [7, 11) is 2.06. The van der Waals surface area contributed by atoms with Gasteiger partial charge in [0.1, 0.15) is 0 Å². The largest absolute Gasteiger partial charge is 0.320 e. The Balaban J connectivity index is 2.10. The molecule has 1 N–H and O–H groups in total. The summed E-state index contributed by atoms with van der Waals surface area (Å²) in [5, 5.41) is 3.32. The lowest BCUT2D eigenvalue weighted by molar-refractivity contribution is 0.293. The SMILES string of the molecule is CNCCC(c1ccc(C)cc1)C1CCCCC1. The number of nitrogens with one attached hydrogen (secondary N) is 1. The van der Waals surface area contributed by atoms with E-state index in [0.717, 1.165) is 18.4 Å². The highest BCUT2D eigenvalue weighted by molar-refractivity contribution is 5.25. The lowest BCUT2D eigenvalue weighted by atomic mass is 9.75. The molecule has 0 bridgehead atoms. The molecule has 0 spiro atoms. The summed E-state index contributed by atoms with van der Waals surface area (Å²) in [6, 6.07) is 9.24. The first-order valence-electron chi connectivity index (χ1n) is 7.52. The fraction of sp³-hybridized carbons (Fsp3) is 0.647. The van der Waals surface area contributed by atoms with Gasteiger partial charge in [-0.15, -0.1) is 0 Å². The molecule has 18 heavy (non-hydrogen) atoms. The Labute approximate surface area is 112 Å². The Kier molecular flexibility index (Phi) is 5.25. The molecule has 1 aromatic rings. The molecule has 0 aromatic heterocycles. The Morgan fingerprint density at radius 1 is 1.11 bits per heavy atom.